The summed E-state index contributed by atoms with van der Waals surface area (Å²) in [6, 6.07) is 31.3. The molecule has 29 heteroatoms. The molecule has 0 spiro atoms. The number of nitrogens with one attached hydrogen (secondary N) is 4. The van der Waals surface area contributed by atoms with Gasteiger partial charge in [-0.05, 0) is 106 Å². The van der Waals surface area contributed by atoms with Crippen molar-refractivity contribution in [1.29, 1.82) is 0 Å². The summed E-state index contributed by atoms with van der Waals surface area (Å²) in [6.45, 7) is 5.44. The van der Waals surface area contributed by atoms with Gasteiger partial charge in [0.25, 0.3) is 22.2 Å². The van der Waals surface area contributed by atoms with Gasteiger partial charge in [0.1, 0.15) is 75.8 Å². The van der Waals surface area contributed by atoms with E-state index in [0.717, 1.165) is 0 Å². The SMILES string of the molecule is C[C@H](N)c1nc2cccc(Cl)c2c(=O)n1-c1ccccn1.C[C@H](Nc1ncnc2[nH]ccc(=O)c12)c1nc2cccc(Cl)c2c(=O)n1-c1ccccn1.C[C@H](Nc1ncnc2c1C(=O)C=CC2)c1nc2cccc(Cl)c2c(=O)n1-c1ccccn1.O=C1C=CCc2nc[nH]c(=O)c21. The minimum absolute atomic E-state index is 0.165. The number of aromatic amines is 2. The van der Waals surface area contributed by atoms with Crippen LogP contribution in [0.3, 0.4) is 0 Å². The molecule has 26 nitrogen and oxygen atoms in total. The van der Waals surface area contributed by atoms with Gasteiger partial charge in [0, 0.05) is 43.7 Å². The van der Waals surface area contributed by atoms with E-state index < -0.39 is 18.1 Å². The number of pyridine rings is 4. The molecule has 6 N–H and O–H groups in total. The Morgan fingerprint density at radius 2 is 0.907 bits per heavy atom. The summed E-state index contributed by atoms with van der Waals surface area (Å²) in [5.41, 5.74) is 8.15. The smallest absolute Gasteiger partial charge is 0.268 e. The Bertz CT molecular complexity index is 5610. The maximum Gasteiger partial charge on any atom is 0.268 e. The van der Waals surface area contributed by atoms with Gasteiger partial charge >= 0.3 is 0 Å². The first kappa shape index (κ1) is 65.1. The first-order valence-electron chi connectivity index (χ1n) is 29.8. The molecule has 13 aromatic rings. The molecule has 97 heavy (non-hydrogen) atoms. The first-order valence-corrected chi connectivity index (χ1v) is 30.9. The molecule has 0 saturated heterocycles. The van der Waals surface area contributed by atoms with Gasteiger partial charge in [-0.25, -0.2) is 68.5 Å². The molecule has 2 aliphatic rings. The van der Waals surface area contributed by atoms with Gasteiger partial charge in [-0.3, -0.25) is 33.6 Å². The van der Waals surface area contributed by atoms with E-state index in [2.05, 4.69) is 65.5 Å². The average Bonchev–Trinajstić information content (AvgIpc) is 0.777. The topological polar surface area (TPSA) is 358 Å². The number of fused-ring (bicyclic) bond motifs is 6. The van der Waals surface area contributed by atoms with Crippen molar-refractivity contribution in [2.24, 2.45) is 5.73 Å². The molecule has 15 rings (SSSR count). The quantitative estimate of drug-likeness (QED) is 0.0850. The molecule has 0 saturated carbocycles. The van der Waals surface area contributed by atoms with Crippen molar-refractivity contribution in [3.8, 4) is 17.5 Å². The van der Waals surface area contributed by atoms with E-state index in [1.165, 1.54) is 57.1 Å². The number of ketones is 2. The normalized spacial score (nSPS) is 13.1. The predicted molar refractivity (Wildman–Crippen MR) is 369 cm³/mol. The molecule has 482 valence electrons. The maximum atomic E-state index is 13.5. The zero-order valence-electron chi connectivity index (χ0n) is 51.3. The Morgan fingerprint density at radius 3 is 1.38 bits per heavy atom. The highest BCUT2D eigenvalue weighted by Gasteiger charge is 2.27. The van der Waals surface area contributed by atoms with Crippen LogP contribution in [0.1, 0.15) is 88.5 Å². The van der Waals surface area contributed by atoms with Gasteiger partial charge in [-0.2, -0.15) is 0 Å². The van der Waals surface area contributed by atoms with E-state index in [9.17, 15) is 33.6 Å². The number of benzene rings is 3. The van der Waals surface area contributed by atoms with E-state index >= 15 is 0 Å². The summed E-state index contributed by atoms with van der Waals surface area (Å²) < 4.78 is 4.26. The highest BCUT2D eigenvalue weighted by Crippen LogP contribution is 2.29. The van der Waals surface area contributed by atoms with Crippen LogP contribution in [0.15, 0.2) is 207 Å². The number of H-pyrrole nitrogens is 2. The first-order chi connectivity index (χ1) is 47.0. The highest BCUT2D eigenvalue weighted by molar-refractivity contribution is 6.36. The van der Waals surface area contributed by atoms with E-state index in [-0.39, 0.29) is 44.8 Å². The van der Waals surface area contributed by atoms with Gasteiger partial charge in [-0.15, -0.1) is 0 Å². The zero-order chi connectivity index (χ0) is 68.0. The lowest BCUT2D eigenvalue weighted by Crippen LogP contribution is -2.28. The summed E-state index contributed by atoms with van der Waals surface area (Å²) in [5, 5.41) is 8.75. The van der Waals surface area contributed by atoms with Crippen molar-refractivity contribution in [3.63, 3.8) is 0 Å². The van der Waals surface area contributed by atoms with Gasteiger partial charge in [-0.1, -0.05) is 83.4 Å². The van der Waals surface area contributed by atoms with Gasteiger partial charge in [0.15, 0.2) is 17.0 Å². The number of aromatic nitrogens is 16. The molecular formula is C68H52Cl3N19O7. The lowest BCUT2D eigenvalue weighted by atomic mass is 10.0. The molecule has 3 aromatic carbocycles. The highest BCUT2D eigenvalue weighted by atomic mass is 35.5. The van der Waals surface area contributed by atoms with E-state index in [1.807, 2.05) is 13.8 Å². The van der Waals surface area contributed by atoms with Crippen LogP contribution in [-0.2, 0) is 12.8 Å². The number of rotatable bonds is 10. The Hall–Kier alpha value is -12.0. The number of carbonyl (C=O) groups excluding carboxylic acids is 2. The molecule has 10 heterocycles. The van der Waals surface area contributed by atoms with Crippen molar-refractivity contribution in [2.75, 3.05) is 10.6 Å². The van der Waals surface area contributed by atoms with Crippen LogP contribution in [0, 0.1) is 0 Å². The Labute approximate surface area is 562 Å². The lowest BCUT2D eigenvalue weighted by molar-refractivity contribution is 0.103. The molecular weight excluding hydrogens is 1300 g/mol. The fourth-order valence-electron chi connectivity index (χ4n) is 10.8. The molecule has 0 radical (unpaired) electrons. The van der Waals surface area contributed by atoms with Crippen LogP contribution in [-0.4, -0.2) is 90.1 Å². The summed E-state index contributed by atoms with van der Waals surface area (Å²) in [4.78, 5) is 140. The number of carbonyl (C=O) groups is 2. The number of hydrogen-bond acceptors (Lipinski definition) is 21. The van der Waals surface area contributed by atoms with Gasteiger partial charge in [0.2, 0.25) is 0 Å². The second-order valence-electron chi connectivity index (χ2n) is 21.6. The zero-order valence-corrected chi connectivity index (χ0v) is 53.6. The number of nitrogens with zero attached hydrogens (tertiary/aromatic N) is 14. The summed E-state index contributed by atoms with van der Waals surface area (Å²) in [7, 11) is 0. The summed E-state index contributed by atoms with van der Waals surface area (Å²) in [5.74, 6) is 2.85. The molecule has 0 amide bonds. The largest absolute Gasteiger partial charge is 0.360 e. The van der Waals surface area contributed by atoms with Crippen LogP contribution < -0.4 is 44.0 Å². The molecule has 0 fully saturated rings. The van der Waals surface area contributed by atoms with Crippen molar-refractivity contribution in [1.82, 2.24) is 78.5 Å². The van der Waals surface area contributed by atoms with E-state index in [4.69, 9.17) is 50.5 Å². The summed E-state index contributed by atoms with van der Waals surface area (Å²) in [6.07, 6.45) is 17.9. The van der Waals surface area contributed by atoms with E-state index in [1.54, 1.807) is 147 Å². The van der Waals surface area contributed by atoms with Crippen molar-refractivity contribution in [2.45, 2.75) is 51.7 Å². The standard InChI is InChI=1S/C23H17ClN6O2.C22H16ClN7O2.C15H13ClN4O.C8H6N2O2/c1-13(28-21-20-15(26-12-27-21)7-5-9-17(20)31)22-29-16-8-4-6-14(24)19(16)23(32)30(22)18-10-2-3-11-25-18;1-12(28-20-18-15(31)8-10-25-19(18)26-11-27-20)21-29-14-6-4-5-13(23)17(14)22(32)30(21)16-7-2-3-9-24-16;1-9(17)14-19-11-6-4-5-10(16)13(11)15(21)20(14)12-7-2-3-8-18-12;11-6-3-1-2-5-7(6)8(12)10-4-9-5/h2-6,8-13H,7H2,1H3,(H,26,27,28);2-12H,1H3,(H2,25,26,27,28,31);2-9H,17H2,1H3;1,3-4H,2H2,(H,9,10,12)/t13-;12-;9-;/m000./s1. The molecule has 2 aliphatic carbocycles. The third-order valence-electron chi connectivity index (χ3n) is 15.2. The predicted octanol–water partition coefficient (Wildman–Crippen LogP) is 9.45. The van der Waals surface area contributed by atoms with Crippen molar-refractivity contribution in [3.05, 3.63) is 290 Å². The van der Waals surface area contributed by atoms with Crippen LogP contribution in [0.25, 0.3) is 61.2 Å². The van der Waals surface area contributed by atoms with Crippen LogP contribution in [0.4, 0.5) is 11.6 Å². The minimum Gasteiger partial charge on any atom is -0.360 e. The number of nitrogens with two attached hydrogens (primary N) is 1. The molecule has 0 aliphatic heterocycles. The monoisotopic (exact) mass is 1350 g/mol. The van der Waals surface area contributed by atoms with E-state index in [0.29, 0.717) is 135 Å². The lowest BCUT2D eigenvalue weighted by Gasteiger charge is -2.21. The van der Waals surface area contributed by atoms with Crippen LogP contribution >= 0.6 is 34.8 Å². The molecule has 3 atom stereocenters. The fraction of sp³-hybridized carbons (Fsp3) is 0.118. The van der Waals surface area contributed by atoms with Crippen LogP contribution in [0.5, 0.6) is 0 Å². The van der Waals surface area contributed by atoms with Crippen LogP contribution in [0.2, 0.25) is 15.1 Å². The number of hydrogen-bond donors (Lipinski definition) is 5. The average molecular weight is 1350 g/mol. The third-order valence-corrected chi connectivity index (χ3v) is 16.1. The summed E-state index contributed by atoms with van der Waals surface area (Å²) >= 11 is 18.8. The Morgan fingerprint density at radius 1 is 0.464 bits per heavy atom. The van der Waals surface area contributed by atoms with Crippen molar-refractivity contribution < 1.29 is 9.59 Å². The molecule has 10 aromatic heterocycles. The number of allylic oxidation sites excluding steroid dienone is 4. The van der Waals surface area contributed by atoms with Crippen molar-refractivity contribution >= 4 is 102 Å². The second-order valence-corrected chi connectivity index (χ2v) is 22.9. The number of halogens is 3. The Balaban J connectivity index is 0.000000130. The fourth-order valence-corrected chi connectivity index (χ4v) is 11.5. The van der Waals surface area contributed by atoms with Gasteiger partial charge < -0.3 is 26.3 Å². The Kier molecular flexibility index (Phi) is 19.0. The third kappa shape index (κ3) is 13.3. The molecule has 0 bridgehead atoms. The maximum absolute atomic E-state index is 13.5. The second kappa shape index (κ2) is 28.3. The molecule has 0 unspecified atom stereocenters. The minimum atomic E-state index is -0.522. The van der Waals surface area contributed by atoms with Gasteiger partial charge in [0.05, 0.1) is 89.2 Å². The number of anilines is 2.